The van der Waals surface area contributed by atoms with Crippen molar-refractivity contribution in [3.05, 3.63) is 0 Å². The van der Waals surface area contributed by atoms with Crippen LogP contribution in [-0.2, 0) is 9.53 Å². The van der Waals surface area contributed by atoms with E-state index in [9.17, 15) is 4.79 Å². The van der Waals surface area contributed by atoms with E-state index in [1.54, 1.807) is 6.92 Å². The summed E-state index contributed by atoms with van der Waals surface area (Å²) < 4.78 is 6.10. The zero-order valence-corrected chi connectivity index (χ0v) is 13.6. The normalized spacial score (nSPS) is 36.9. The lowest BCUT2D eigenvalue weighted by Gasteiger charge is -2.46. The van der Waals surface area contributed by atoms with E-state index in [2.05, 4.69) is 9.80 Å². The maximum absolute atomic E-state index is 11.1. The second kappa shape index (κ2) is 6.44. The van der Waals surface area contributed by atoms with E-state index in [1.807, 2.05) is 11.8 Å². The Kier molecular flexibility index (Phi) is 4.78. The SMILES string of the molecule is CC(C(=O)O)N1CCN(C2CCOC3(CCSC3)C2)CC1. The number of nitrogens with zero attached hydrogens (tertiary/aromatic N) is 2. The van der Waals surface area contributed by atoms with Gasteiger partial charge in [-0.25, -0.2) is 0 Å². The van der Waals surface area contributed by atoms with Gasteiger partial charge in [0.05, 0.1) is 5.60 Å². The monoisotopic (exact) mass is 314 g/mol. The summed E-state index contributed by atoms with van der Waals surface area (Å²) in [6.45, 7) is 6.39. The van der Waals surface area contributed by atoms with Crippen LogP contribution in [0.4, 0.5) is 0 Å². The van der Waals surface area contributed by atoms with Gasteiger partial charge in [0, 0.05) is 44.6 Å². The molecule has 0 aromatic carbocycles. The molecule has 21 heavy (non-hydrogen) atoms. The van der Waals surface area contributed by atoms with Crippen LogP contribution in [-0.4, -0.2) is 82.9 Å². The number of aliphatic carboxylic acids is 1. The Bertz CT molecular complexity index is 379. The number of carboxylic acids is 1. The third-order valence-electron chi connectivity index (χ3n) is 5.30. The standard InChI is InChI=1S/C15H26N2O3S/c1-12(14(18)19)16-4-6-17(7-5-16)13-2-8-20-15(10-13)3-9-21-11-15/h12-13H,2-11H2,1H3,(H,18,19). The fraction of sp³-hybridized carbons (Fsp3) is 0.933. The van der Waals surface area contributed by atoms with E-state index < -0.39 is 5.97 Å². The molecule has 0 aromatic rings. The number of piperazine rings is 1. The van der Waals surface area contributed by atoms with Crippen LogP contribution in [0.2, 0.25) is 0 Å². The molecular formula is C15H26N2O3S. The molecule has 3 heterocycles. The maximum Gasteiger partial charge on any atom is 0.320 e. The van der Waals surface area contributed by atoms with Gasteiger partial charge < -0.3 is 9.84 Å². The molecule has 3 aliphatic heterocycles. The lowest BCUT2D eigenvalue weighted by Crippen LogP contribution is -2.57. The Balaban J connectivity index is 1.53. The molecular weight excluding hydrogens is 288 g/mol. The molecule has 0 aromatic heterocycles. The van der Waals surface area contributed by atoms with Gasteiger partial charge in [0.25, 0.3) is 0 Å². The summed E-state index contributed by atoms with van der Waals surface area (Å²) in [6.07, 6.45) is 3.49. The highest BCUT2D eigenvalue weighted by Gasteiger charge is 2.42. The molecule has 1 N–H and O–H groups in total. The highest BCUT2D eigenvalue weighted by atomic mass is 32.2. The first-order valence-corrected chi connectivity index (χ1v) is 9.18. The van der Waals surface area contributed by atoms with Gasteiger partial charge in [0.15, 0.2) is 0 Å². The van der Waals surface area contributed by atoms with Crippen LogP contribution >= 0.6 is 11.8 Å². The number of hydrogen-bond acceptors (Lipinski definition) is 5. The van der Waals surface area contributed by atoms with Crippen molar-refractivity contribution >= 4 is 17.7 Å². The van der Waals surface area contributed by atoms with Crippen molar-refractivity contribution in [2.45, 2.75) is 43.9 Å². The first-order chi connectivity index (χ1) is 10.1. The molecule has 3 unspecified atom stereocenters. The molecule has 3 atom stereocenters. The first-order valence-electron chi connectivity index (χ1n) is 8.02. The van der Waals surface area contributed by atoms with Crippen LogP contribution in [0.25, 0.3) is 0 Å². The molecule has 0 bridgehead atoms. The van der Waals surface area contributed by atoms with Gasteiger partial charge in [0.1, 0.15) is 6.04 Å². The summed E-state index contributed by atoms with van der Waals surface area (Å²) in [7, 11) is 0. The topological polar surface area (TPSA) is 53.0 Å². The van der Waals surface area contributed by atoms with Crippen LogP contribution < -0.4 is 0 Å². The molecule has 3 fully saturated rings. The van der Waals surface area contributed by atoms with Crippen molar-refractivity contribution in [1.82, 2.24) is 9.80 Å². The lowest BCUT2D eigenvalue weighted by atomic mass is 9.88. The quantitative estimate of drug-likeness (QED) is 0.843. The molecule has 3 aliphatic rings. The smallest absolute Gasteiger partial charge is 0.320 e. The van der Waals surface area contributed by atoms with E-state index >= 15 is 0 Å². The van der Waals surface area contributed by atoms with Crippen LogP contribution in [0, 0.1) is 0 Å². The van der Waals surface area contributed by atoms with Crippen molar-refractivity contribution in [2.75, 3.05) is 44.3 Å². The van der Waals surface area contributed by atoms with E-state index in [-0.39, 0.29) is 11.6 Å². The third-order valence-corrected chi connectivity index (χ3v) is 6.53. The van der Waals surface area contributed by atoms with E-state index in [1.165, 1.54) is 12.2 Å². The van der Waals surface area contributed by atoms with E-state index in [0.29, 0.717) is 6.04 Å². The van der Waals surface area contributed by atoms with Crippen molar-refractivity contribution in [2.24, 2.45) is 0 Å². The van der Waals surface area contributed by atoms with Gasteiger partial charge in [0.2, 0.25) is 0 Å². The Morgan fingerprint density at radius 3 is 2.76 bits per heavy atom. The fourth-order valence-electron chi connectivity index (χ4n) is 3.82. The van der Waals surface area contributed by atoms with E-state index in [4.69, 9.17) is 9.84 Å². The van der Waals surface area contributed by atoms with Crippen molar-refractivity contribution in [3.63, 3.8) is 0 Å². The third kappa shape index (κ3) is 3.38. The molecule has 3 rings (SSSR count). The molecule has 120 valence electrons. The van der Waals surface area contributed by atoms with Crippen molar-refractivity contribution < 1.29 is 14.6 Å². The number of carbonyl (C=O) groups is 1. The number of thioether (sulfide) groups is 1. The number of carboxylic acid groups (broad SMARTS) is 1. The van der Waals surface area contributed by atoms with Crippen LogP contribution in [0.5, 0.6) is 0 Å². The van der Waals surface area contributed by atoms with Gasteiger partial charge >= 0.3 is 5.97 Å². The molecule has 1 spiro atoms. The van der Waals surface area contributed by atoms with Crippen molar-refractivity contribution in [1.29, 1.82) is 0 Å². The summed E-state index contributed by atoms with van der Waals surface area (Å²) in [5, 5.41) is 9.11. The average molecular weight is 314 g/mol. The lowest BCUT2D eigenvalue weighted by molar-refractivity contribution is -0.143. The number of rotatable bonds is 3. The van der Waals surface area contributed by atoms with Crippen LogP contribution in [0.15, 0.2) is 0 Å². The molecule has 0 aliphatic carbocycles. The summed E-state index contributed by atoms with van der Waals surface area (Å²) in [5.74, 6) is 1.67. The summed E-state index contributed by atoms with van der Waals surface area (Å²) in [4.78, 5) is 15.7. The molecule has 3 saturated heterocycles. The first kappa shape index (κ1) is 15.6. The van der Waals surface area contributed by atoms with Crippen molar-refractivity contribution in [3.8, 4) is 0 Å². The predicted octanol–water partition coefficient (Wildman–Crippen LogP) is 1.13. The minimum absolute atomic E-state index is 0.138. The average Bonchev–Trinajstić information content (AvgIpc) is 2.94. The summed E-state index contributed by atoms with van der Waals surface area (Å²) in [5.41, 5.74) is 0.138. The predicted molar refractivity (Wildman–Crippen MR) is 83.9 cm³/mol. The summed E-state index contributed by atoms with van der Waals surface area (Å²) >= 11 is 2.02. The van der Waals surface area contributed by atoms with Gasteiger partial charge in [-0.3, -0.25) is 14.6 Å². The fourth-order valence-corrected chi connectivity index (χ4v) is 5.20. The molecule has 0 radical (unpaired) electrons. The second-order valence-electron chi connectivity index (χ2n) is 6.57. The minimum Gasteiger partial charge on any atom is -0.480 e. The summed E-state index contributed by atoms with van der Waals surface area (Å²) in [6, 6.07) is 0.263. The highest BCUT2D eigenvalue weighted by Crippen LogP contribution is 2.39. The molecule has 0 amide bonds. The van der Waals surface area contributed by atoms with E-state index in [0.717, 1.165) is 51.4 Å². The van der Waals surface area contributed by atoms with Gasteiger partial charge in [-0.2, -0.15) is 11.8 Å². The number of hydrogen-bond donors (Lipinski definition) is 1. The molecule has 6 heteroatoms. The molecule has 5 nitrogen and oxygen atoms in total. The largest absolute Gasteiger partial charge is 0.480 e. The highest BCUT2D eigenvalue weighted by molar-refractivity contribution is 7.99. The zero-order valence-electron chi connectivity index (χ0n) is 12.8. The Hall–Kier alpha value is -0.300. The van der Waals surface area contributed by atoms with Gasteiger partial charge in [-0.15, -0.1) is 0 Å². The zero-order chi connectivity index (χ0) is 14.9. The van der Waals surface area contributed by atoms with Gasteiger partial charge in [-0.05, 0) is 31.9 Å². The van der Waals surface area contributed by atoms with Gasteiger partial charge in [-0.1, -0.05) is 0 Å². The number of ether oxygens (including phenoxy) is 1. The maximum atomic E-state index is 11.1. The van der Waals surface area contributed by atoms with Crippen LogP contribution in [0.3, 0.4) is 0 Å². The second-order valence-corrected chi connectivity index (χ2v) is 7.67. The Labute approximate surface area is 131 Å². The molecule has 0 saturated carbocycles. The minimum atomic E-state index is -0.712. The Morgan fingerprint density at radius 1 is 1.38 bits per heavy atom. The van der Waals surface area contributed by atoms with Crippen LogP contribution in [0.1, 0.15) is 26.2 Å². The Morgan fingerprint density at radius 2 is 2.14 bits per heavy atom.